The van der Waals surface area contributed by atoms with Gasteiger partial charge in [0.15, 0.2) is 0 Å². The van der Waals surface area contributed by atoms with Crippen LogP contribution in [-0.2, 0) is 0 Å². The molecule has 0 aromatic heterocycles. The molecule has 0 bridgehead atoms. The Balaban J connectivity index is 4.28. The molecule has 0 saturated heterocycles. The lowest BCUT2D eigenvalue weighted by Gasteiger charge is -2.36. The second-order valence-electron chi connectivity index (χ2n) is 5.23. The molecule has 0 radical (unpaired) electrons. The number of rotatable bonds is 6. The number of aliphatic hydroxyl groups is 1. The van der Waals surface area contributed by atoms with Crippen LogP contribution in [0.2, 0.25) is 0 Å². The third-order valence-electron chi connectivity index (χ3n) is 2.98. The molecule has 0 saturated carbocycles. The summed E-state index contributed by atoms with van der Waals surface area (Å²) in [5, 5.41) is 9.65. The molecule has 2 nitrogen and oxygen atoms in total. The molecule has 0 spiro atoms. The van der Waals surface area contributed by atoms with E-state index in [9.17, 15) is 5.11 Å². The van der Waals surface area contributed by atoms with Crippen LogP contribution in [0, 0.1) is 5.41 Å². The molecule has 2 heteroatoms. The number of aliphatic hydroxyl groups excluding tert-OH is 1. The van der Waals surface area contributed by atoms with Crippen LogP contribution >= 0.6 is 0 Å². The third kappa shape index (κ3) is 4.43. The fourth-order valence-corrected chi connectivity index (χ4v) is 1.46. The summed E-state index contributed by atoms with van der Waals surface area (Å²) < 4.78 is 0. The topological polar surface area (TPSA) is 23.5 Å². The van der Waals surface area contributed by atoms with Crippen molar-refractivity contribution in [2.75, 3.05) is 13.1 Å². The molecule has 0 aliphatic carbocycles. The smallest absolute Gasteiger partial charge is 0.0575 e. The predicted molar refractivity (Wildman–Crippen MR) is 62.5 cm³/mol. The van der Waals surface area contributed by atoms with Gasteiger partial charge in [0.25, 0.3) is 0 Å². The van der Waals surface area contributed by atoms with Crippen molar-refractivity contribution in [1.82, 2.24) is 4.90 Å². The molecule has 0 aromatic rings. The maximum absolute atomic E-state index is 9.65. The van der Waals surface area contributed by atoms with E-state index in [4.69, 9.17) is 0 Å². The summed E-state index contributed by atoms with van der Waals surface area (Å²) in [6.45, 7) is 14.9. The van der Waals surface area contributed by atoms with Crippen molar-refractivity contribution in [2.24, 2.45) is 5.41 Å². The van der Waals surface area contributed by atoms with Crippen LogP contribution in [0.15, 0.2) is 0 Å². The van der Waals surface area contributed by atoms with Crippen LogP contribution < -0.4 is 0 Å². The van der Waals surface area contributed by atoms with Gasteiger partial charge >= 0.3 is 0 Å². The molecule has 0 fully saturated rings. The first-order valence-corrected chi connectivity index (χ1v) is 5.73. The summed E-state index contributed by atoms with van der Waals surface area (Å²) in [4.78, 5) is 2.44. The van der Waals surface area contributed by atoms with Crippen molar-refractivity contribution >= 4 is 0 Å². The van der Waals surface area contributed by atoms with E-state index >= 15 is 0 Å². The summed E-state index contributed by atoms with van der Waals surface area (Å²) >= 11 is 0. The molecule has 1 atom stereocenters. The largest absolute Gasteiger partial charge is 0.393 e. The average molecular weight is 201 g/mol. The zero-order valence-electron chi connectivity index (χ0n) is 10.7. The van der Waals surface area contributed by atoms with Crippen molar-refractivity contribution in [2.45, 2.75) is 60.1 Å². The van der Waals surface area contributed by atoms with Gasteiger partial charge in [-0.25, -0.2) is 0 Å². The highest BCUT2D eigenvalue weighted by Gasteiger charge is 2.27. The summed E-state index contributed by atoms with van der Waals surface area (Å²) in [5.74, 6) is 0. The molecule has 1 unspecified atom stereocenters. The highest BCUT2D eigenvalue weighted by Crippen LogP contribution is 2.23. The minimum atomic E-state index is -0.249. The Morgan fingerprint density at radius 3 is 2.00 bits per heavy atom. The van der Waals surface area contributed by atoms with Crippen LogP contribution in [0.5, 0.6) is 0 Å². The van der Waals surface area contributed by atoms with Gasteiger partial charge in [-0.1, -0.05) is 20.8 Å². The average Bonchev–Trinajstić information content (AvgIpc) is 2.02. The molecule has 86 valence electrons. The molecule has 1 N–H and O–H groups in total. The third-order valence-corrected chi connectivity index (χ3v) is 2.98. The molecule has 0 aromatic carbocycles. The maximum Gasteiger partial charge on any atom is 0.0575 e. The SMILES string of the molecule is CCCN(CC(C)(C)C(C)O)C(C)C. The Bertz CT molecular complexity index is 152. The van der Waals surface area contributed by atoms with E-state index in [0.717, 1.165) is 13.1 Å². The fraction of sp³-hybridized carbons (Fsp3) is 1.00. The lowest BCUT2D eigenvalue weighted by molar-refractivity contribution is 0.0261. The second-order valence-corrected chi connectivity index (χ2v) is 5.23. The summed E-state index contributed by atoms with van der Waals surface area (Å²) in [5.41, 5.74) is -0.0144. The Kier molecular flexibility index (Phi) is 5.68. The van der Waals surface area contributed by atoms with E-state index in [2.05, 4.69) is 39.5 Å². The van der Waals surface area contributed by atoms with Crippen molar-refractivity contribution in [3.63, 3.8) is 0 Å². The van der Waals surface area contributed by atoms with Gasteiger partial charge in [0, 0.05) is 18.0 Å². The highest BCUT2D eigenvalue weighted by atomic mass is 16.3. The lowest BCUT2D eigenvalue weighted by atomic mass is 9.86. The summed E-state index contributed by atoms with van der Waals surface area (Å²) in [7, 11) is 0. The van der Waals surface area contributed by atoms with Gasteiger partial charge in [0.2, 0.25) is 0 Å². The standard InChI is InChI=1S/C12H27NO/c1-7-8-13(10(2)3)9-12(5,6)11(4)14/h10-11,14H,7-9H2,1-6H3. The molecule has 0 aliphatic rings. The minimum Gasteiger partial charge on any atom is -0.393 e. The normalized spacial score (nSPS) is 15.2. The van der Waals surface area contributed by atoms with Crippen LogP contribution in [0.25, 0.3) is 0 Å². The Labute approximate surface area is 89.3 Å². The minimum absolute atomic E-state index is 0.0144. The Hall–Kier alpha value is -0.0800. The fourth-order valence-electron chi connectivity index (χ4n) is 1.46. The van der Waals surface area contributed by atoms with Gasteiger partial charge in [-0.3, -0.25) is 0 Å². The van der Waals surface area contributed by atoms with Gasteiger partial charge in [-0.2, -0.15) is 0 Å². The van der Waals surface area contributed by atoms with Gasteiger partial charge < -0.3 is 10.0 Å². The molecule has 14 heavy (non-hydrogen) atoms. The van der Waals surface area contributed by atoms with Gasteiger partial charge in [-0.15, -0.1) is 0 Å². The van der Waals surface area contributed by atoms with Crippen LogP contribution in [0.4, 0.5) is 0 Å². The molecule has 0 heterocycles. The predicted octanol–water partition coefficient (Wildman–Crippen LogP) is 2.51. The van der Waals surface area contributed by atoms with E-state index in [0.29, 0.717) is 6.04 Å². The molecular weight excluding hydrogens is 174 g/mol. The Morgan fingerprint density at radius 2 is 1.71 bits per heavy atom. The Morgan fingerprint density at radius 1 is 1.21 bits per heavy atom. The quantitative estimate of drug-likeness (QED) is 0.714. The van der Waals surface area contributed by atoms with E-state index in [1.807, 2.05) is 6.92 Å². The molecule has 0 rings (SSSR count). The van der Waals surface area contributed by atoms with Crippen molar-refractivity contribution in [1.29, 1.82) is 0 Å². The first-order valence-electron chi connectivity index (χ1n) is 5.73. The molecule has 0 amide bonds. The second kappa shape index (κ2) is 5.72. The van der Waals surface area contributed by atoms with Gasteiger partial charge in [0.05, 0.1) is 6.10 Å². The molecular formula is C12H27NO. The number of hydrogen-bond acceptors (Lipinski definition) is 2. The number of hydrogen-bond donors (Lipinski definition) is 1. The summed E-state index contributed by atoms with van der Waals surface area (Å²) in [6, 6.07) is 0.563. The molecule has 0 aliphatic heterocycles. The van der Waals surface area contributed by atoms with E-state index in [-0.39, 0.29) is 11.5 Å². The monoisotopic (exact) mass is 201 g/mol. The van der Waals surface area contributed by atoms with Crippen molar-refractivity contribution in [3.8, 4) is 0 Å². The van der Waals surface area contributed by atoms with Crippen LogP contribution in [-0.4, -0.2) is 35.2 Å². The summed E-state index contributed by atoms with van der Waals surface area (Å²) in [6.07, 6.45) is 0.925. The van der Waals surface area contributed by atoms with E-state index in [1.165, 1.54) is 6.42 Å². The van der Waals surface area contributed by atoms with Crippen LogP contribution in [0.1, 0.15) is 48.0 Å². The first kappa shape index (κ1) is 13.9. The zero-order valence-corrected chi connectivity index (χ0v) is 10.7. The lowest BCUT2D eigenvalue weighted by Crippen LogP contribution is -2.43. The maximum atomic E-state index is 9.65. The van der Waals surface area contributed by atoms with Gasteiger partial charge in [0.1, 0.15) is 0 Å². The highest BCUT2D eigenvalue weighted by molar-refractivity contribution is 4.79. The van der Waals surface area contributed by atoms with Crippen molar-refractivity contribution < 1.29 is 5.11 Å². The number of nitrogens with zero attached hydrogens (tertiary/aromatic N) is 1. The van der Waals surface area contributed by atoms with E-state index < -0.39 is 0 Å². The first-order chi connectivity index (χ1) is 6.31. The zero-order chi connectivity index (χ0) is 11.4. The van der Waals surface area contributed by atoms with Crippen molar-refractivity contribution in [3.05, 3.63) is 0 Å². The van der Waals surface area contributed by atoms with Gasteiger partial charge in [-0.05, 0) is 33.7 Å². The van der Waals surface area contributed by atoms with E-state index in [1.54, 1.807) is 0 Å². The van der Waals surface area contributed by atoms with Crippen LogP contribution in [0.3, 0.4) is 0 Å².